The first-order valence-corrected chi connectivity index (χ1v) is 6.66. The van der Waals surface area contributed by atoms with Crippen LogP contribution >= 0.6 is 23.2 Å². The summed E-state index contributed by atoms with van der Waals surface area (Å²) in [5, 5.41) is 21.7. The number of hydrogen-bond donors (Lipinski definition) is 1. The molecule has 0 amide bonds. The van der Waals surface area contributed by atoms with E-state index in [0.717, 1.165) is 0 Å². The van der Waals surface area contributed by atoms with Crippen LogP contribution < -0.4 is 5.32 Å². The van der Waals surface area contributed by atoms with Crippen LogP contribution in [0, 0.1) is 22.7 Å². The van der Waals surface area contributed by atoms with Gasteiger partial charge in [-0.15, -0.1) is 0 Å². The lowest BCUT2D eigenvalue weighted by Gasteiger charge is -2.11. The molecule has 1 heterocycles. The highest BCUT2D eigenvalue weighted by Gasteiger charge is 2.20. The number of aromatic nitrogens is 2. The van der Waals surface area contributed by atoms with Gasteiger partial charge in [-0.1, -0.05) is 23.2 Å². The molecule has 1 aromatic heterocycles. The summed E-state index contributed by atoms with van der Waals surface area (Å²) in [5.74, 6) is -0.327. The lowest BCUT2D eigenvalue weighted by atomic mass is 10.1. The Morgan fingerprint density at radius 2 is 1.71 bits per heavy atom. The maximum atomic E-state index is 9.04. The second-order valence-corrected chi connectivity index (χ2v) is 4.86. The van der Waals surface area contributed by atoms with Crippen molar-refractivity contribution in [2.45, 2.75) is 5.92 Å². The molecule has 0 atom stereocenters. The molecule has 7 heteroatoms. The van der Waals surface area contributed by atoms with Gasteiger partial charge in [-0.05, 0) is 24.3 Å². The quantitative estimate of drug-likeness (QED) is 0.934. The molecule has 0 bridgehead atoms. The zero-order chi connectivity index (χ0) is 15.4. The lowest BCUT2D eigenvalue weighted by Crippen LogP contribution is -2.05. The highest BCUT2D eigenvalue weighted by Crippen LogP contribution is 2.31. The SMILES string of the molecule is CNc1nc(-c2ccc(Cl)cc2)nc(C(C#N)C#N)c1Cl. The van der Waals surface area contributed by atoms with Crippen molar-refractivity contribution in [3.8, 4) is 23.5 Å². The van der Waals surface area contributed by atoms with E-state index in [9.17, 15) is 0 Å². The van der Waals surface area contributed by atoms with Crippen molar-refractivity contribution in [3.63, 3.8) is 0 Å². The third-order valence-corrected chi connectivity index (χ3v) is 3.37. The van der Waals surface area contributed by atoms with E-state index in [1.54, 1.807) is 31.3 Å². The van der Waals surface area contributed by atoms with E-state index in [2.05, 4.69) is 15.3 Å². The zero-order valence-electron chi connectivity index (χ0n) is 10.9. The van der Waals surface area contributed by atoms with E-state index in [4.69, 9.17) is 33.7 Å². The Hall–Kier alpha value is -2.34. The molecule has 0 fully saturated rings. The average molecular weight is 318 g/mol. The predicted molar refractivity (Wildman–Crippen MR) is 81.0 cm³/mol. The van der Waals surface area contributed by atoms with Crippen LogP contribution in [-0.4, -0.2) is 17.0 Å². The van der Waals surface area contributed by atoms with Crippen LogP contribution in [0.3, 0.4) is 0 Å². The number of anilines is 1. The lowest BCUT2D eigenvalue weighted by molar-refractivity contribution is 0.989. The first-order chi connectivity index (χ1) is 10.1. The third kappa shape index (κ3) is 3.05. The van der Waals surface area contributed by atoms with E-state index < -0.39 is 5.92 Å². The standard InChI is InChI=1S/C14H9Cl2N5/c1-19-14-11(16)12(9(6-17)7-18)20-13(21-14)8-2-4-10(15)5-3-8/h2-5,9H,1H3,(H,19,20,21). The molecule has 5 nitrogen and oxygen atoms in total. The molecule has 21 heavy (non-hydrogen) atoms. The summed E-state index contributed by atoms with van der Waals surface area (Å²) in [6.45, 7) is 0. The molecule has 0 aliphatic carbocycles. The highest BCUT2D eigenvalue weighted by atomic mass is 35.5. The molecule has 0 saturated heterocycles. The largest absolute Gasteiger partial charge is 0.372 e. The monoisotopic (exact) mass is 317 g/mol. The molecule has 2 rings (SSSR count). The molecule has 0 unspecified atom stereocenters. The Morgan fingerprint density at radius 1 is 1.10 bits per heavy atom. The minimum atomic E-state index is -1.06. The molecule has 1 N–H and O–H groups in total. The van der Waals surface area contributed by atoms with Crippen LogP contribution in [0.5, 0.6) is 0 Å². The molecule has 0 aliphatic heterocycles. The minimum absolute atomic E-state index is 0.170. The number of hydrogen-bond acceptors (Lipinski definition) is 5. The number of halogens is 2. The number of nitrogens with one attached hydrogen (secondary N) is 1. The van der Waals surface area contributed by atoms with E-state index in [0.29, 0.717) is 22.2 Å². The van der Waals surface area contributed by atoms with Crippen molar-refractivity contribution >= 4 is 29.0 Å². The van der Waals surface area contributed by atoms with Crippen molar-refractivity contribution in [2.24, 2.45) is 0 Å². The molecule has 0 saturated carbocycles. The van der Waals surface area contributed by atoms with Crippen LogP contribution in [0.2, 0.25) is 10.0 Å². The average Bonchev–Trinajstić information content (AvgIpc) is 2.51. The van der Waals surface area contributed by atoms with Crippen molar-refractivity contribution in [1.82, 2.24) is 9.97 Å². The van der Waals surface area contributed by atoms with Crippen molar-refractivity contribution < 1.29 is 0 Å². The Morgan fingerprint density at radius 3 is 2.24 bits per heavy atom. The van der Waals surface area contributed by atoms with Gasteiger partial charge in [0.25, 0.3) is 0 Å². The summed E-state index contributed by atoms with van der Waals surface area (Å²) in [7, 11) is 1.65. The van der Waals surface area contributed by atoms with Gasteiger partial charge in [-0.3, -0.25) is 0 Å². The Bertz CT molecular complexity index is 730. The number of benzene rings is 1. The van der Waals surface area contributed by atoms with E-state index in [-0.39, 0.29) is 10.7 Å². The smallest absolute Gasteiger partial charge is 0.176 e. The maximum absolute atomic E-state index is 9.04. The van der Waals surface area contributed by atoms with Gasteiger partial charge in [0, 0.05) is 17.6 Å². The number of nitrogens with zero attached hydrogens (tertiary/aromatic N) is 4. The van der Waals surface area contributed by atoms with Crippen LogP contribution in [0.25, 0.3) is 11.4 Å². The second kappa shape index (κ2) is 6.41. The molecule has 1 aromatic carbocycles. The van der Waals surface area contributed by atoms with Gasteiger partial charge in [-0.2, -0.15) is 10.5 Å². The number of nitriles is 2. The first kappa shape index (κ1) is 15.1. The molecule has 0 aliphatic rings. The fraction of sp³-hybridized carbons (Fsp3) is 0.143. The van der Waals surface area contributed by atoms with Crippen LogP contribution in [0.4, 0.5) is 5.82 Å². The van der Waals surface area contributed by atoms with E-state index in [1.807, 2.05) is 12.1 Å². The summed E-state index contributed by atoms with van der Waals surface area (Å²) in [6, 6.07) is 10.6. The van der Waals surface area contributed by atoms with Crippen LogP contribution in [-0.2, 0) is 0 Å². The van der Waals surface area contributed by atoms with Gasteiger partial charge in [0.15, 0.2) is 11.7 Å². The molecule has 0 spiro atoms. The van der Waals surface area contributed by atoms with Gasteiger partial charge < -0.3 is 5.32 Å². The van der Waals surface area contributed by atoms with Gasteiger partial charge in [0.05, 0.1) is 17.8 Å². The molecule has 2 aromatic rings. The Balaban J connectivity index is 2.64. The molecular formula is C14H9Cl2N5. The molecule has 104 valence electrons. The van der Waals surface area contributed by atoms with Crippen molar-refractivity contribution in [3.05, 3.63) is 40.0 Å². The Labute approximate surface area is 131 Å². The summed E-state index contributed by atoms with van der Waals surface area (Å²) in [6.07, 6.45) is 0. The van der Waals surface area contributed by atoms with E-state index in [1.165, 1.54) is 0 Å². The molecular weight excluding hydrogens is 309 g/mol. The third-order valence-electron chi connectivity index (χ3n) is 2.75. The topological polar surface area (TPSA) is 85.4 Å². The van der Waals surface area contributed by atoms with Gasteiger partial charge >= 0.3 is 0 Å². The van der Waals surface area contributed by atoms with Gasteiger partial charge in [-0.25, -0.2) is 9.97 Å². The summed E-state index contributed by atoms with van der Waals surface area (Å²) in [5.41, 5.74) is 0.898. The normalized spacial score (nSPS) is 10.0. The summed E-state index contributed by atoms with van der Waals surface area (Å²) >= 11 is 12.0. The van der Waals surface area contributed by atoms with Gasteiger partial charge in [0.2, 0.25) is 0 Å². The highest BCUT2D eigenvalue weighted by molar-refractivity contribution is 6.33. The predicted octanol–water partition coefficient (Wildman–Crippen LogP) is 3.62. The fourth-order valence-electron chi connectivity index (χ4n) is 1.70. The fourth-order valence-corrected chi connectivity index (χ4v) is 2.11. The van der Waals surface area contributed by atoms with E-state index >= 15 is 0 Å². The maximum Gasteiger partial charge on any atom is 0.176 e. The summed E-state index contributed by atoms with van der Waals surface area (Å²) in [4.78, 5) is 8.54. The Kier molecular flexibility index (Phi) is 4.59. The van der Waals surface area contributed by atoms with Crippen molar-refractivity contribution in [1.29, 1.82) is 10.5 Å². The minimum Gasteiger partial charge on any atom is -0.372 e. The zero-order valence-corrected chi connectivity index (χ0v) is 12.4. The summed E-state index contributed by atoms with van der Waals surface area (Å²) < 4.78 is 0. The van der Waals surface area contributed by atoms with Crippen LogP contribution in [0.1, 0.15) is 11.6 Å². The second-order valence-electron chi connectivity index (χ2n) is 4.04. The molecule has 0 radical (unpaired) electrons. The first-order valence-electron chi connectivity index (χ1n) is 5.91. The van der Waals surface area contributed by atoms with Crippen LogP contribution in [0.15, 0.2) is 24.3 Å². The van der Waals surface area contributed by atoms with Gasteiger partial charge in [0.1, 0.15) is 10.8 Å². The number of rotatable bonds is 3. The van der Waals surface area contributed by atoms with Crippen molar-refractivity contribution in [2.75, 3.05) is 12.4 Å².